The van der Waals surface area contributed by atoms with Gasteiger partial charge < -0.3 is 15.7 Å². The molecule has 5 rings (SSSR count). The first-order valence-electron chi connectivity index (χ1n) is 12.5. The molecular formula is C26H32N6O5. The van der Waals surface area contributed by atoms with Crippen LogP contribution in [0.4, 0.5) is 4.79 Å². The van der Waals surface area contributed by atoms with E-state index in [1.54, 1.807) is 11.9 Å². The van der Waals surface area contributed by atoms with Crippen LogP contribution in [-0.4, -0.2) is 61.4 Å². The largest absolute Gasteiger partial charge is 0.494 e. The van der Waals surface area contributed by atoms with Crippen molar-refractivity contribution in [3.63, 3.8) is 0 Å². The number of amides is 3. The summed E-state index contributed by atoms with van der Waals surface area (Å²) in [4.78, 5) is 54.5. The molecule has 11 nitrogen and oxygen atoms in total. The van der Waals surface area contributed by atoms with E-state index >= 15 is 0 Å². The molecule has 2 aliphatic carbocycles. The minimum Gasteiger partial charge on any atom is -0.494 e. The lowest BCUT2D eigenvalue weighted by atomic mass is 9.51. The number of hydrogen-bond acceptors (Lipinski definition) is 6. The van der Waals surface area contributed by atoms with Crippen molar-refractivity contribution in [2.75, 3.05) is 14.1 Å². The maximum atomic E-state index is 13.5. The summed E-state index contributed by atoms with van der Waals surface area (Å²) in [6, 6.07) is 8.77. The van der Waals surface area contributed by atoms with Gasteiger partial charge in [0.15, 0.2) is 0 Å². The van der Waals surface area contributed by atoms with Crippen LogP contribution in [0.2, 0.25) is 0 Å². The number of benzene rings is 1. The van der Waals surface area contributed by atoms with Crippen LogP contribution < -0.4 is 17.0 Å². The van der Waals surface area contributed by atoms with Crippen LogP contribution in [0.3, 0.4) is 0 Å². The fourth-order valence-electron chi connectivity index (χ4n) is 6.66. The van der Waals surface area contributed by atoms with Crippen LogP contribution in [0.25, 0.3) is 0 Å². The van der Waals surface area contributed by atoms with Crippen LogP contribution >= 0.6 is 0 Å². The lowest BCUT2D eigenvalue weighted by Gasteiger charge is -2.57. The number of carbonyl (C=O) groups is 2. The molecule has 0 atom stereocenters. The van der Waals surface area contributed by atoms with Gasteiger partial charge in [0.05, 0.1) is 0 Å². The van der Waals surface area contributed by atoms with E-state index in [4.69, 9.17) is 11.1 Å². The van der Waals surface area contributed by atoms with Crippen LogP contribution in [0.5, 0.6) is 5.88 Å². The molecule has 1 aromatic heterocycles. The predicted molar refractivity (Wildman–Crippen MR) is 136 cm³/mol. The number of urea groups is 1. The third-order valence-corrected chi connectivity index (χ3v) is 8.72. The number of likely N-dealkylation sites (N-methyl/N-ethyl adjacent to an activating group) is 2. The average Bonchev–Trinajstić information content (AvgIpc) is 3.01. The van der Waals surface area contributed by atoms with Crippen molar-refractivity contribution in [3.05, 3.63) is 62.3 Å². The molecule has 2 aromatic rings. The van der Waals surface area contributed by atoms with Gasteiger partial charge in [-0.3, -0.25) is 29.0 Å². The number of nitrogens with one attached hydrogen (secondary N) is 1. The summed E-state index contributed by atoms with van der Waals surface area (Å²) in [5.74, 6) is -1.34. The number of nitrogens with two attached hydrogens (primary N) is 1. The molecule has 1 aromatic carbocycles. The summed E-state index contributed by atoms with van der Waals surface area (Å²) < 4.78 is 2.27. The van der Waals surface area contributed by atoms with E-state index in [1.807, 2.05) is 30.3 Å². The van der Waals surface area contributed by atoms with Gasteiger partial charge in [0.25, 0.3) is 11.5 Å². The number of hydrogen-bond donors (Lipinski definition) is 3. The molecule has 4 N–H and O–H groups in total. The van der Waals surface area contributed by atoms with Crippen molar-refractivity contribution < 1.29 is 14.7 Å². The normalized spacial score (nSPS) is 27.2. The summed E-state index contributed by atoms with van der Waals surface area (Å²) in [7, 11) is 3.17. The molecule has 196 valence electrons. The lowest BCUT2D eigenvalue weighted by Crippen LogP contribution is -2.63. The van der Waals surface area contributed by atoms with Crippen molar-refractivity contribution in [3.8, 4) is 5.88 Å². The van der Waals surface area contributed by atoms with Gasteiger partial charge >= 0.3 is 11.7 Å². The molecule has 2 spiro atoms. The molecule has 3 amide bonds. The quantitative estimate of drug-likeness (QED) is 0.315. The number of rotatable bonds is 5. The van der Waals surface area contributed by atoms with Gasteiger partial charge in [-0.05, 0) is 55.9 Å². The Labute approximate surface area is 213 Å². The molecule has 3 fully saturated rings. The summed E-state index contributed by atoms with van der Waals surface area (Å²) in [6.07, 6.45) is 4.07. The van der Waals surface area contributed by atoms with Crippen LogP contribution in [0, 0.1) is 10.8 Å². The summed E-state index contributed by atoms with van der Waals surface area (Å²) in [5.41, 5.74) is 3.97. The molecule has 11 heteroatoms. The molecule has 1 aliphatic heterocycles. The van der Waals surface area contributed by atoms with Gasteiger partial charge in [-0.2, -0.15) is 0 Å². The maximum absolute atomic E-state index is 13.5. The molecule has 2 saturated carbocycles. The maximum Gasteiger partial charge on any atom is 0.334 e. The Morgan fingerprint density at radius 2 is 1.70 bits per heavy atom. The number of nitrogen functional groups attached to an aromatic ring is 1. The zero-order chi connectivity index (χ0) is 26.7. The molecule has 1 saturated heterocycles. The molecule has 3 aliphatic rings. The first-order chi connectivity index (χ1) is 17.5. The van der Waals surface area contributed by atoms with Crippen molar-refractivity contribution in [1.82, 2.24) is 18.9 Å². The molecule has 0 unspecified atom stereocenters. The van der Waals surface area contributed by atoms with Gasteiger partial charge in [0, 0.05) is 26.7 Å². The highest BCUT2D eigenvalue weighted by atomic mass is 16.3. The highest BCUT2D eigenvalue weighted by Gasteiger charge is 2.66. The third-order valence-electron chi connectivity index (χ3n) is 8.72. The topological polar surface area (TPSA) is 155 Å². The lowest BCUT2D eigenvalue weighted by molar-refractivity contribution is -0.148. The van der Waals surface area contributed by atoms with Crippen molar-refractivity contribution >= 4 is 17.8 Å². The fourth-order valence-corrected chi connectivity index (χ4v) is 6.66. The van der Waals surface area contributed by atoms with E-state index in [1.165, 1.54) is 11.9 Å². The Morgan fingerprint density at radius 3 is 2.24 bits per heavy atom. The number of carbonyl (C=O) groups excluding carboxylic acids is 2. The average molecular weight is 509 g/mol. The molecule has 0 radical (unpaired) electrons. The minimum absolute atomic E-state index is 0.123. The number of amidine groups is 1. The Balaban J connectivity index is 1.40. The highest BCUT2D eigenvalue weighted by Crippen LogP contribution is 2.61. The van der Waals surface area contributed by atoms with Gasteiger partial charge in [0.1, 0.15) is 16.9 Å². The Hall–Kier alpha value is -3.89. The predicted octanol–water partition coefficient (Wildman–Crippen LogP) is 1.40. The van der Waals surface area contributed by atoms with E-state index < -0.39 is 34.5 Å². The number of aromatic nitrogens is 2. The fraction of sp³-hybridized carbons (Fsp3) is 0.500. The third kappa shape index (κ3) is 3.67. The monoisotopic (exact) mass is 508 g/mol. The second-order valence-corrected chi connectivity index (χ2v) is 10.8. The van der Waals surface area contributed by atoms with Gasteiger partial charge in [-0.1, -0.05) is 30.3 Å². The first-order valence-corrected chi connectivity index (χ1v) is 12.5. The highest BCUT2D eigenvalue weighted by molar-refractivity contribution is 6.07. The zero-order valence-corrected chi connectivity index (χ0v) is 21.1. The van der Waals surface area contributed by atoms with E-state index in [0.29, 0.717) is 44.9 Å². The van der Waals surface area contributed by atoms with Gasteiger partial charge in [-0.25, -0.2) is 9.59 Å². The molecular weight excluding hydrogens is 476 g/mol. The van der Waals surface area contributed by atoms with E-state index in [-0.39, 0.29) is 29.5 Å². The minimum atomic E-state index is -0.792. The van der Waals surface area contributed by atoms with Crippen molar-refractivity contribution in [1.29, 1.82) is 5.41 Å². The Kier molecular flexibility index (Phi) is 5.76. The van der Waals surface area contributed by atoms with E-state index in [0.717, 1.165) is 14.7 Å². The van der Waals surface area contributed by atoms with E-state index in [9.17, 15) is 24.3 Å². The summed E-state index contributed by atoms with van der Waals surface area (Å²) in [6.45, 7) is 0.129. The van der Waals surface area contributed by atoms with Crippen molar-refractivity contribution in [2.24, 2.45) is 11.1 Å². The van der Waals surface area contributed by atoms with Gasteiger partial charge in [0.2, 0.25) is 5.88 Å². The van der Waals surface area contributed by atoms with Crippen LogP contribution in [0.15, 0.2) is 39.9 Å². The zero-order valence-electron chi connectivity index (χ0n) is 21.1. The number of aromatic hydroxyl groups is 1. The number of nitrogens with zero attached hydrogens (tertiary/aromatic N) is 4. The summed E-state index contributed by atoms with van der Waals surface area (Å²) >= 11 is 0. The Bertz CT molecular complexity index is 1400. The van der Waals surface area contributed by atoms with Crippen LogP contribution in [0.1, 0.15) is 55.7 Å². The number of imide groups is 1. The smallest absolute Gasteiger partial charge is 0.334 e. The second-order valence-electron chi connectivity index (χ2n) is 10.8. The second kappa shape index (κ2) is 8.60. The number of aryl methyl sites for hydroxylation is 1. The van der Waals surface area contributed by atoms with Crippen LogP contribution in [-0.2, 0) is 17.8 Å². The first kappa shape index (κ1) is 24.8. The van der Waals surface area contributed by atoms with Gasteiger partial charge in [-0.15, -0.1) is 0 Å². The standard InChI is InChI=1S/C26H32N6O5/c1-29-22(35)26(30(2)23(29)36)14-25(15-26)11-8-17(9-12-25)32-21(34)18(19(27)28)20(33)31(24(32)37)13-10-16-6-4-3-5-7-16/h3-7,17,33H,8-15H2,1-2H3,(H3,27,28). The van der Waals surface area contributed by atoms with E-state index in [2.05, 4.69) is 0 Å². The molecule has 0 bridgehead atoms. The Morgan fingerprint density at radius 1 is 1.08 bits per heavy atom. The molecule has 2 heterocycles. The summed E-state index contributed by atoms with van der Waals surface area (Å²) in [5, 5.41) is 18.6. The molecule has 37 heavy (non-hydrogen) atoms. The van der Waals surface area contributed by atoms with Crippen molar-refractivity contribution in [2.45, 2.75) is 63.1 Å². The SMILES string of the molecule is CN1C(=O)N(C)C2(CC3(CCC(n4c(=O)c(C(=N)N)c(O)n(CCc5ccccc5)c4=O)CC3)C2)C1=O.